The Morgan fingerprint density at radius 2 is 1.70 bits per heavy atom. The normalized spacial score (nSPS) is 11.8. The zero-order valence-electron chi connectivity index (χ0n) is 12.7. The number of hydrogen-bond acceptors (Lipinski definition) is 4. The number of halogens is 1. The number of hydrogen-bond donors (Lipinski definition) is 1. The first-order chi connectivity index (χ1) is 10.9. The molecule has 0 aromatic heterocycles. The summed E-state index contributed by atoms with van der Waals surface area (Å²) in [5.41, 5.74) is 0.764. The molecule has 0 atom stereocenters. The van der Waals surface area contributed by atoms with Crippen molar-refractivity contribution in [1.82, 2.24) is 4.83 Å². The van der Waals surface area contributed by atoms with Crippen LogP contribution in [0.2, 0.25) is 0 Å². The van der Waals surface area contributed by atoms with Crippen LogP contribution in [0.3, 0.4) is 0 Å². The van der Waals surface area contributed by atoms with Crippen molar-refractivity contribution >= 4 is 32.2 Å². The van der Waals surface area contributed by atoms with Gasteiger partial charge in [-0.15, -0.1) is 0 Å². The summed E-state index contributed by atoms with van der Waals surface area (Å²) in [6.07, 6.45) is 1.54. The molecule has 0 bridgehead atoms. The third-order valence-electron chi connectivity index (χ3n) is 2.76. The summed E-state index contributed by atoms with van der Waals surface area (Å²) in [7, 11) is -3.66. The van der Waals surface area contributed by atoms with Gasteiger partial charge in [0.25, 0.3) is 10.0 Å². The molecule has 0 aliphatic rings. The van der Waals surface area contributed by atoms with Gasteiger partial charge in [-0.05, 0) is 67.9 Å². The molecule has 2 aromatic rings. The molecule has 0 fully saturated rings. The fourth-order valence-electron chi connectivity index (χ4n) is 1.74. The molecule has 7 heteroatoms. The van der Waals surface area contributed by atoms with Gasteiger partial charge < -0.3 is 4.74 Å². The largest absolute Gasteiger partial charge is 0.491 e. The molecule has 0 amide bonds. The summed E-state index contributed by atoms with van der Waals surface area (Å²) < 4.78 is 30.4. The zero-order valence-corrected chi connectivity index (χ0v) is 15.1. The maximum Gasteiger partial charge on any atom is 0.276 e. The van der Waals surface area contributed by atoms with Crippen LogP contribution in [-0.4, -0.2) is 20.7 Å². The van der Waals surface area contributed by atoms with E-state index in [1.165, 1.54) is 18.3 Å². The second-order valence-electron chi connectivity index (χ2n) is 5.04. The average molecular weight is 397 g/mol. The third kappa shape index (κ3) is 5.37. The second-order valence-corrected chi connectivity index (χ2v) is 7.62. The molecule has 23 heavy (non-hydrogen) atoms. The number of rotatable bonds is 6. The molecule has 122 valence electrons. The first-order valence-electron chi connectivity index (χ1n) is 6.94. The lowest BCUT2D eigenvalue weighted by Gasteiger charge is -2.09. The summed E-state index contributed by atoms with van der Waals surface area (Å²) in [5.74, 6) is 0.757. The first-order valence-corrected chi connectivity index (χ1v) is 9.21. The number of nitrogens with one attached hydrogen (secondary N) is 1. The van der Waals surface area contributed by atoms with E-state index in [9.17, 15) is 8.42 Å². The van der Waals surface area contributed by atoms with Crippen molar-refractivity contribution in [2.45, 2.75) is 24.8 Å². The van der Waals surface area contributed by atoms with Gasteiger partial charge in [0.15, 0.2) is 0 Å². The lowest BCUT2D eigenvalue weighted by atomic mass is 10.2. The Bertz CT molecular complexity index is 770. The Balaban J connectivity index is 2.01. The molecule has 5 nitrogen and oxygen atoms in total. The maximum atomic E-state index is 12.0. The molecule has 0 aliphatic heterocycles. The highest BCUT2D eigenvalue weighted by molar-refractivity contribution is 9.10. The minimum Gasteiger partial charge on any atom is -0.491 e. The van der Waals surface area contributed by atoms with Crippen molar-refractivity contribution in [3.05, 3.63) is 58.6 Å². The average Bonchev–Trinajstić information content (AvgIpc) is 2.49. The molecule has 0 unspecified atom stereocenters. The van der Waals surface area contributed by atoms with E-state index >= 15 is 0 Å². The molecule has 0 radical (unpaired) electrons. The molecule has 0 spiro atoms. The number of hydrazone groups is 1. The number of nitrogens with zero attached hydrogens (tertiary/aromatic N) is 1. The topological polar surface area (TPSA) is 67.8 Å². The van der Waals surface area contributed by atoms with E-state index < -0.39 is 10.0 Å². The van der Waals surface area contributed by atoms with Gasteiger partial charge in [0.05, 0.1) is 17.2 Å². The van der Waals surface area contributed by atoms with Crippen LogP contribution in [0.5, 0.6) is 5.75 Å². The van der Waals surface area contributed by atoms with Gasteiger partial charge >= 0.3 is 0 Å². The van der Waals surface area contributed by atoms with E-state index in [2.05, 4.69) is 25.9 Å². The predicted molar refractivity (Wildman–Crippen MR) is 94.3 cm³/mol. The SMILES string of the molecule is CC(C)Oc1ccc(/C=N/NS(=O)(=O)c2ccc(Br)cc2)cc1. The molecule has 0 saturated heterocycles. The number of benzene rings is 2. The highest BCUT2D eigenvalue weighted by atomic mass is 79.9. The standard InChI is InChI=1S/C16H17BrN2O3S/c1-12(2)22-15-7-3-13(4-8-15)11-18-19-23(20,21)16-9-5-14(17)6-10-16/h3-12,19H,1-2H3/b18-11+. The van der Waals surface area contributed by atoms with Crippen molar-refractivity contribution < 1.29 is 13.2 Å². The minimum atomic E-state index is -3.66. The molecule has 0 aliphatic carbocycles. The summed E-state index contributed by atoms with van der Waals surface area (Å²) >= 11 is 3.26. The fraction of sp³-hybridized carbons (Fsp3) is 0.188. The van der Waals surface area contributed by atoms with Crippen LogP contribution in [0.25, 0.3) is 0 Å². The molecular formula is C16H17BrN2O3S. The summed E-state index contributed by atoms with van der Waals surface area (Å²) in [6.45, 7) is 3.90. The zero-order chi connectivity index (χ0) is 16.9. The summed E-state index contributed by atoms with van der Waals surface area (Å²) in [6, 6.07) is 13.5. The van der Waals surface area contributed by atoms with Crippen molar-refractivity contribution in [3.8, 4) is 5.75 Å². The van der Waals surface area contributed by atoms with Crippen molar-refractivity contribution in [2.24, 2.45) is 5.10 Å². The first kappa shape index (κ1) is 17.5. The quantitative estimate of drug-likeness (QED) is 0.599. The Labute approximate surface area is 144 Å². The second kappa shape index (κ2) is 7.61. The molecule has 2 aromatic carbocycles. The van der Waals surface area contributed by atoms with E-state index in [1.807, 2.05) is 26.0 Å². The molecule has 0 heterocycles. The van der Waals surface area contributed by atoms with Crippen LogP contribution in [0.4, 0.5) is 0 Å². The highest BCUT2D eigenvalue weighted by Gasteiger charge is 2.11. The van der Waals surface area contributed by atoms with Crippen LogP contribution < -0.4 is 9.57 Å². The van der Waals surface area contributed by atoms with Gasteiger partial charge in [0, 0.05) is 4.47 Å². The van der Waals surface area contributed by atoms with Crippen LogP contribution >= 0.6 is 15.9 Å². The number of sulfonamides is 1. The van der Waals surface area contributed by atoms with Gasteiger partial charge in [-0.25, -0.2) is 4.83 Å². The van der Waals surface area contributed by atoms with Gasteiger partial charge in [0.1, 0.15) is 5.75 Å². The van der Waals surface area contributed by atoms with E-state index in [4.69, 9.17) is 4.74 Å². The van der Waals surface area contributed by atoms with E-state index in [1.54, 1.807) is 24.3 Å². The van der Waals surface area contributed by atoms with E-state index in [0.717, 1.165) is 15.8 Å². The lowest BCUT2D eigenvalue weighted by Crippen LogP contribution is -2.18. The van der Waals surface area contributed by atoms with E-state index in [0.29, 0.717) is 0 Å². The summed E-state index contributed by atoms with van der Waals surface area (Å²) in [4.78, 5) is 2.34. The monoisotopic (exact) mass is 396 g/mol. The maximum absolute atomic E-state index is 12.0. The third-order valence-corrected chi connectivity index (χ3v) is 4.53. The fourth-order valence-corrected chi connectivity index (χ4v) is 2.80. The van der Waals surface area contributed by atoms with Crippen LogP contribution in [0, 0.1) is 0 Å². The Kier molecular flexibility index (Phi) is 5.79. The van der Waals surface area contributed by atoms with Crippen molar-refractivity contribution in [2.75, 3.05) is 0 Å². The van der Waals surface area contributed by atoms with Crippen LogP contribution in [-0.2, 0) is 10.0 Å². The molecule has 1 N–H and O–H groups in total. The number of ether oxygens (including phenoxy) is 1. The lowest BCUT2D eigenvalue weighted by molar-refractivity contribution is 0.242. The van der Waals surface area contributed by atoms with Crippen LogP contribution in [0.1, 0.15) is 19.4 Å². The Morgan fingerprint density at radius 1 is 1.09 bits per heavy atom. The summed E-state index contributed by atoms with van der Waals surface area (Å²) in [5, 5.41) is 3.79. The van der Waals surface area contributed by atoms with Crippen LogP contribution in [0.15, 0.2) is 63.0 Å². The van der Waals surface area contributed by atoms with Gasteiger partial charge in [-0.3, -0.25) is 0 Å². The van der Waals surface area contributed by atoms with Crippen molar-refractivity contribution in [1.29, 1.82) is 0 Å². The molecule has 2 rings (SSSR count). The van der Waals surface area contributed by atoms with Gasteiger partial charge in [0.2, 0.25) is 0 Å². The van der Waals surface area contributed by atoms with Gasteiger partial charge in [-0.1, -0.05) is 15.9 Å². The molecular weight excluding hydrogens is 380 g/mol. The molecule has 0 saturated carbocycles. The van der Waals surface area contributed by atoms with Gasteiger partial charge in [-0.2, -0.15) is 13.5 Å². The Morgan fingerprint density at radius 3 is 2.26 bits per heavy atom. The highest BCUT2D eigenvalue weighted by Crippen LogP contribution is 2.15. The van der Waals surface area contributed by atoms with Crippen molar-refractivity contribution in [3.63, 3.8) is 0 Å². The van der Waals surface area contributed by atoms with E-state index in [-0.39, 0.29) is 11.0 Å². The smallest absolute Gasteiger partial charge is 0.276 e. The minimum absolute atomic E-state index is 0.104. The predicted octanol–water partition coefficient (Wildman–Crippen LogP) is 3.55. The Hall–Kier alpha value is -1.86.